The number of hydrogen-bond donors (Lipinski definition) is 1. The molecule has 1 aromatic rings. The molecule has 1 N–H and O–H groups in total. The second-order valence-electron chi connectivity index (χ2n) is 6.76. The van der Waals surface area contributed by atoms with E-state index in [1.54, 1.807) is 32.9 Å². The molecule has 23 heavy (non-hydrogen) atoms. The van der Waals surface area contributed by atoms with E-state index in [1.807, 2.05) is 6.92 Å². The number of nitrogens with zero attached hydrogens (tertiary/aromatic N) is 1. The summed E-state index contributed by atoms with van der Waals surface area (Å²) in [6.07, 6.45) is -0.783. The first-order valence-corrected chi connectivity index (χ1v) is 8.97. The Bertz CT molecular complexity index is 675. The van der Waals surface area contributed by atoms with Crippen LogP contribution in [-0.4, -0.2) is 41.7 Å². The quantitative estimate of drug-likeness (QED) is 0.848. The maximum atomic E-state index is 12.8. The molecule has 0 radical (unpaired) electrons. The van der Waals surface area contributed by atoms with Gasteiger partial charge in [0, 0.05) is 0 Å². The first kappa shape index (κ1) is 17.9. The van der Waals surface area contributed by atoms with Crippen molar-refractivity contribution in [3.05, 3.63) is 29.8 Å². The fraction of sp³-hybridized carbons (Fsp3) is 0.562. The number of aliphatic hydroxyl groups excluding tert-OH is 1. The molecular weight excluding hydrogens is 318 g/mol. The molecule has 6 nitrogen and oxygen atoms in total. The Balaban J connectivity index is 2.34. The topological polar surface area (TPSA) is 83.9 Å². The molecular formula is C16H23NO5S. The Hall–Kier alpha value is -1.44. The standard InChI is InChI=1S/C16H23NO5S/c1-11-5-7-12(8-6-11)23(20,21)17-13(9-10-14(17)18)15(19)22-16(2,3)4/h5-8,13-14,18H,9-10H2,1-4H3/t13-,14?/m0/s1. The summed E-state index contributed by atoms with van der Waals surface area (Å²) < 4.78 is 31.8. The average Bonchev–Trinajstić information content (AvgIpc) is 2.80. The third-order valence-corrected chi connectivity index (χ3v) is 5.50. The van der Waals surface area contributed by atoms with Crippen LogP contribution in [0.15, 0.2) is 29.2 Å². The Morgan fingerprint density at radius 3 is 2.30 bits per heavy atom. The molecule has 1 aromatic carbocycles. The van der Waals surface area contributed by atoms with Crippen LogP contribution in [-0.2, 0) is 19.6 Å². The van der Waals surface area contributed by atoms with Gasteiger partial charge in [-0.1, -0.05) is 17.7 Å². The van der Waals surface area contributed by atoms with Gasteiger partial charge in [0.25, 0.3) is 0 Å². The zero-order valence-corrected chi connectivity index (χ0v) is 14.6. The Kier molecular flexibility index (Phi) is 4.84. The van der Waals surface area contributed by atoms with Gasteiger partial charge >= 0.3 is 5.97 Å². The molecule has 0 spiro atoms. The largest absolute Gasteiger partial charge is 0.459 e. The van der Waals surface area contributed by atoms with E-state index in [-0.39, 0.29) is 17.7 Å². The van der Waals surface area contributed by atoms with Crippen LogP contribution in [0.1, 0.15) is 39.2 Å². The second-order valence-corrected chi connectivity index (χ2v) is 8.60. The molecule has 1 fully saturated rings. The number of sulfonamides is 1. The average molecular weight is 341 g/mol. The minimum atomic E-state index is -3.97. The molecule has 0 bridgehead atoms. The Labute approximate surface area is 137 Å². The normalized spacial score (nSPS) is 23.0. The van der Waals surface area contributed by atoms with E-state index in [2.05, 4.69) is 0 Å². The zero-order valence-electron chi connectivity index (χ0n) is 13.8. The van der Waals surface area contributed by atoms with E-state index in [1.165, 1.54) is 12.1 Å². The SMILES string of the molecule is Cc1ccc(S(=O)(=O)N2C(O)CC[C@H]2C(=O)OC(C)(C)C)cc1. The van der Waals surface area contributed by atoms with Crippen molar-refractivity contribution in [1.82, 2.24) is 4.31 Å². The second kappa shape index (κ2) is 6.22. The van der Waals surface area contributed by atoms with Gasteiger partial charge in [0.15, 0.2) is 0 Å². The highest BCUT2D eigenvalue weighted by molar-refractivity contribution is 7.89. The lowest BCUT2D eigenvalue weighted by Gasteiger charge is -2.28. The number of hydrogen-bond acceptors (Lipinski definition) is 5. The molecule has 2 rings (SSSR count). The third-order valence-electron chi connectivity index (χ3n) is 3.57. The van der Waals surface area contributed by atoms with Crippen LogP contribution in [0, 0.1) is 6.92 Å². The zero-order chi connectivity index (χ0) is 17.4. The highest BCUT2D eigenvalue weighted by Crippen LogP contribution is 2.31. The number of benzene rings is 1. The molecule has 1 heterocycles. The van der Waals surface area contributed by atoms with Crippen LogP contribution in [0.25, 0.3) is 0 Å². The van der Waals surface area contributed by atoms with E-state index in [0.717, 1.165) is 9.87 Å². The Morgan fingerprint density at radius 1 is 1.22 bits per heavy atom. The fourth-order valence-electron chi connectivity index (χ4n) is 2.52. The van der Waals surface area contributed by atoms with Crippen LogP contribution in [0.3, 0.4) is 0 Å². The van der Waals surface area contributed by atoms with Gasteiger partial charge in [-0.3, -0.25) is 4.79 Å². The van der Waals surface area contributed by atoms with Crippen molar-refractivity contribution in [3.63, 3.8) is 0 Å². The summed E-state index contributed by atoms with van der Waals surface area (Å²) >= 11 is 0. The van der Waals surface area contributed by atoms with E-state index in [9.17, 15) is 18.3 Å². The van der Waals surface area contributed by atoms with Crippen molar-refractivity contribution in [2.24, 2.45) is 0 Å². The summed E-state index contributed by atoms with van der Waals surface area (Å²) in [6, 6.07) is 5.30. The summed E-state index contributed by atoms with van der Waals surface area (Å²) in [7, 11) is -3.97. The molecule has 1 aliphatic heterocycles. The van der Waals surface area contributed by atoms with Gasteiger partial charge in [0.2, 0.25) is 10.0 Å². The molecule has 0 aromatic heterocycles. The highest BCUT2D eigenvalue weighted by atomic mass is 32.2. The summed E-state index contributed by atoms with van der Waals surface area (Å²) in [5.41, 5.74) is 0.207. The minimum Gasteiger partial charge on any atom is -0.459 e. The van der Waals surface area contributed by atoms with Crippen LogP contribution < -0.4 is 0 Å². The summed E-state index contributed by atoms with van der Waals surface area (Å²) in [4.78, 5) is 12.4. The third kappa shape index (κ3) is 3.91. The lowest BCUT2D eigenvalue weighted by Crippen LogP contribution is -2.46. The van der Waals surface area contributed by atoms with Crippen LogP contribution in [0.4, 0.5) is 0 Å². The van der Waals surface area contributed by atoms with Gasteiger partial charge in [-0.15, -0.1) is 0 Å². The van der Waals surface area contributed by atoms with Crippen molar-refractivity contribution < 1.29 is 23.1 Å². The summed E-state index contributed by atoms with van der Waals surface area (Å²) in [6.45, 7) is 7.00. The van der Waals surface area contributed by atoms with Gasteiger partial charge in [-0.2, -0.15) is 4.31 Å². The van der Waals surface area contributed by atoms with Gasteiger partial charge < -0.3 is 9.84 Å². The number of ether oxygens (including phenoxy) is 1. The molecule has 1 aliphatic rings. The molecule has 0 aliphatic carbocycles. The number of rotatable bonds is 3. The fourth-order valence-corrected chi connectivity index (χ4v) is 4.20. The maximum absolute atomic E-state index is 12.8. The molecule has 1 saturated heterocycles. The predicted molar refractivity (Wildman–Crippen MR) is 85.1 cm³/mol. The molecule has 1 unspecified atom stereocenters. The smallest absolute Gasteiger partial charge is 0.325 e. The van der Waals surface area contributed by atoms with Gasteiger partial charge in [0.1, 0.15) is 17.9 Å². The highest BCUT2D eigenvalue weighted by Gasteiger charge is 2.46. The van der Waals surface area contributed by atoms with Crippen LogP contribution in [0.2, 0.25) is 0 Å². The van der Waals surface area contributed by atoms with Crippen molar-refractivity contribution in [2.45, 2.75) is 63.3 Å². The van der Waals surface area contributed by atoms with Crippen molar-refractivity contribution in [1.29, 1.82) is 0 Å². The number of aliphatic hydroxyl groups is 1. The molecule has 128 valence electrons. The van der Waals surface area contributed by atoms with Crippen molar-refractivity contribution in [3.8, 4) is 0 Å². The van der Waals surface area contributed by atoms with Gasteiger partial charge in [-0.05, 0) is 52.7 Å². The monoisotopic (exact) mass is 341 g/mol. The Morgan fingerprint density at radius 2 is 1.78 bits per heavy atom. The van der Waals surface area contributed by atoms with Gasteiger partial charge in [-0.25, -0.2) is 8.42 Å². The molecule has 0 saturated carbocycles. The predicted octanol–water partition coefficient (Wildman–Crippen LogP) is 1.81. The van der Waals surface area contributed by atoms with E-state index in [4.69, 9.17) is 4.74 Å². The number of aryl methyl sites for hydroxylation is 1. The van der Waals surface area contributed by atoms with E-state index in [0.29, 0.717) is 0 Å². The first-order valence-electron chi connectivity index (χ1n) is 7.53. The lowest BCUT2D eigenvalue weighted by molar-refractivity contribution is -0.160. The summed E-state index contributed by atoms with van der Waals surface area (Å²) in [5.74, 6) is -0.635. The first-order chi connectivity index (χ1) is 10.5. The van der Waals surface area contributed by atoms with Gasteiger partial charge in [0.05, 0.1) is 4.90 Å². The van der Waals surface area contributed by atoms with E-state index < -0.39 is 33.9 Å². The molecule has 2 atom stereocenters. The van der Waals surface area contributed by atoms with Crippen LogP contribution in [0.5, 0.6) is 0 Å². The number of carbonyl (C=O) groups is 1. The number of esters is 1. The minimum absolute atomic E-state index is 0.0533. The van der Waals surface area contributed by atoms with E-state index >= 15 is 0 Å². The molecule has 7 heteroatoms. The van der Waals surface area contributed by atoms with Crippen molar-refractivity contribution >= 4 is 16.0 Å². The molecule has 0 amide bonds. The summed E-state index contributed by atoms with van der Waals surface area (Å²) in [5, 5.41) is 10.1. The lowest BCUT2D eigenvalue weighted by atomic mass is 10.2. The van der Waals surface area contributed by atoms with Crippen LogP contribution >= 0.6 is 0 Å². The van der Waals surface area contributed by atoms with Crippen molar-refractivity contribution in [2.75, 3.05) is 0 Å². The maximum Gasteiger partial charge on any atom is 0.325 e. The number of carbonyl (C=O) groups excluding carboxylic acids is 1.